The minimum Gasteiger partial charge on any atom is -0.0847 e. The standard InChI is InChI=1S/C20H17I/c21-16-20(17-10-4-1-5-11-17,18-12-6-2-7-13-18)19-14-8-3-9-15-19/h1-15H,16H2. The number of hydrogen-bond donors (Lipinski definition) is 0. The molecule has 0 unspecified atom stereocenters. The molecule has 0 atom stereocenters. The normalized spacial score (nSPS) is 11.3. The van der Waals surface area contributed by atoms with E-state index in [-0.39, 0.29) is 5.41 Å². The molecule has 21 heavy (non-hydrogen) atoms. The van der Waals surface area contributed by atoms with E-state index in [9.17, 15) is 0 Å². The maximum Gasteiger partial charge on any atom is 0.0540 e. The molecule has 0 saturated carbocycles. The molecule has 0 amide bonds. The Morgan fingerprint density at radius 2 is 0.810 bits per heavy atom. The van der Waals surface area contributed by atoms with Crippen molar-refractivity contribution in [3.63, 3.8) is 0 Å². The predicted molar refractivity (Wildman–Crippen MR) is 98.1 cm³/mol. The van der Waals surface area contributed by atoms with Crippen LogP contribution in [-0.4, -0.2) is 4.43 Å². The second-order valence-corrected chi connectivity index (χ2v) is 5.90. The van der Waals surface area contributed by atoms with Gasteiger partial charge in [0, 0.05) is 4.43 Å². The van der Waals surface area contributed by atoms with Crippen LogP contribution in [0.5, 0.6) is 0 Å². The fraction of sp³-hybridized carbons (Fsp3) is 0.100. The van der Waals surface area contributed by atoms with Crippen LogP contribution in [0.3, 0.4) is 0 Å². The first kappa shape index (κ1) is 14.3. The number of halogens is 1. The van der Waals surface area contributed by atoms with E-state index >= 15 is 0 Å². The van der Waals surface area contributed by atoms with E-state index in [1.165, 1.54) is 16.7 Å². The molecule has 0 saturated heterocycles. The molecule has 0 aliphatic heterocycles. The zero-order chi connectivity index (χ0) is 14.5. The van der Waals surface area contributed by atoms with Crippen molar-refractivity contribution >= 4 is 22.6 Å². The highest BCUT2D eigenvalue weighted by Crippen LogP contribution is 2.40. The fourth-order valence-electron chi connectivity index (χ4n) is 2.90. The Morgan fingerprint density at radius 3 is 1.05 bits per heavy atom. The molecule has 0 aliphatic rings. The van der Waals surface area contributed by atoms with E-state index in [1.54, 1.807) is 0 Å². The Hall–Kier alpha value is -1.61. The lowest BCUT2D eigenvalue weighted by molar-refractivity contribution is 0.716. The van der Waals surface area contributed by atoms with E-state index in [0.29, 0.717) is 0 Å². The van der Waals surface area contributed by atoms with Crippen molar-refractivity contribution in [2.45, 2.75) is 5.41 Å². The van der Waals surface area contributed by atoms with Gasteiger partial charge in [0.15, 0.2) is 0 Å². The van der Waals surface area contributed by atoms with Gasteiger partial charge in [0.1, 0.15) is 0 Å². The predicted octanol–water partition coefficient (Wildman–Crippen LogP) is 5.46. The van der Waals surface area contributed by atoms with E-state index in [4.69, 9.17) is 0 Å². The van der Waals surface area contributed by atoms with Gasteiger partial charge in [-0.1, -0.05) is 114 Å². The Bertz CT molecular complexity index is 578. The molecule has 3 aromatic rings. The topological polar surface area (TPSA) is 0 Å². The van der Waals surface area contributed by atoms with Gasteiger partial charge in [0.2, 0.25) is 0 Å². The second kappa shape index (κ2) is 6.44. The van der Waals surface area contributed by atoms with Gasteiger partial charge in [-0.15, -0.1) is 0 Å². The summed E-state index contributed by atoms with van der Waals surface area (Å²) in [5.74, 6) is 0. The summed E-state index contributed by atoms with van der Waals surface area (Å²) in [4.78, 5) is 0. The molecular formula is C20H17I. The van der Waals surface area contributed by atoms with Crippen molar-refractivity contribution in [2.24, 2.45) is 0 Å². The molecule has 3 aromatic carbocycles. The van der Waals surface area contributed by atoms with Gasteiger partial charge >= 0.3 is 0 Å². The lowest BCUT2D eigenvalue weighted by atomic mass is 9.71. The third kappa shape index (κ3) is 2.62. The first-order valence-corrected chi connectivity index (χ1v) is 8.63. The monoisotopic (exact) mass is 384 g/mol. The second-order valence-electron chi connectivity index (χ2n) is 5.14. The largest absolute Gasteiger partial charge is 0.0847 e. The Labute approximate surface area is 140 Å². The number of benzene rings is 3. The fourth-order valence-corrected chi connectivity index (χ4v) is 4.22. The first-order valence-electron chi connectivity index (χ1n) is 7.10. The summed E-state index contributed by atoms with van der Waals surface area (Å²) in [6, 6.07) is 32.4. The van der Waals surface area contributed by atoms with Gasteiger partial charge in [0.05, 0.1) is 5.41 Å². The molecule has 0 heterocycles. The third-order valence-electron chi connectivity index (χ3n) is 4.00. The summed E-state index contributed by atoms with van der Waals surface area (Å²) in [6.45, 7) is 0. The van der Waals surface area contributed by atoms with Crippen LogP contribution in [0.2, 0.25) is 0 Å². The molecular weight excluding hydrogens is 367 g/mol. The lowest BCUT2D eigenvalue weighted by Crippen LogP contribution is -2.31. The molecule has 0 bridgehead atoms. The van der Waals surface area contributed by atoms with Crippen molar-refractivity contribution in [1.82, 2.24) is 0 Å². The Balaban J connectivity index is 2.29. The van der Waals surface area contributed by atoms with Crippen molar-refractivity contribution in [3.8, 4) is 0 Å². The minimum absolute atomic E-state index is 0.0929. The van der Waals surface area contributed by atoms with Crippen LogP contribution in [-0.2, 0) is 5.41 Å². The quantitative estimate of drug-likeness (QED) is 0.319. The molecule has 0 aromatic heterocycles. The maximum atomic E-state index is 2.51. The third-order valence-corrected chi connectivity index (χ3v) is 5.14. The molecule has 1 heteroatoms. The van der Waals surface area contributed by atoms with Crippen molar-refractivity contribution < 1.29 is 0 Å². The molecule has 0 fully saturated rings. The number of alkyl halides is 1. The van der Waals surface area contributed by atoms with E-state index < -0.39 is 0 Å². The number of rotatable bonds is 4. The molecule has 0 radical (unpaired) electrons. The smallest absolute Gasteiger partial charge is 0.0540 e. The van der Waals surface area contributed by atoms with Crippen LogP contribution < -0.4 is 0 Å². The zero-order valence-corrected chi connectivity index (χ0v) is 13.9. The molecule has 104 valence electrons. The van der Waals surface area contributed by atoms with E-state index in [1.807, 2.05) is 0 Å². The van der Waals surface area contributed by atoms with Gasteiger partial charge in [-0.3, -0.25) is 0 Å². The minimum atomic E-state index is -0.0929. The van der Waals surface area contributed by atoms with Crippen LogP contribution in [0.4, 0.5) is 0 Å². The molecule has 3 rings (SSSR count). The summed E-state index contributed by atoms with van der Waals surface area (Å²) in [5, 5.41) is 0. The Kier molecular flexibility index (Phi) is 4.39. The van der Waals surface area contributed by atoms with Crippen molar-refractivity contribution in [2.75, 3.05) is 4.43 Å². The SMILES string of the molecule is ICC(c1ccccc1)(c1ccccc1)c1ccccc1. The first-order chi connectivity index (χ1) is 10.4. The van der Waals surface area contributed by atoms with Crippen LogP contribution in [0, 0.1) is 0 Å². The summed E-state index contributed by atoms with van der Waals surface area (Å²) in [7, 11) is 0. The highest BCUT2D eigenvalue weighted by Gasteiger charge is 2.34. The highest BCUT2D eigenvalue weighted by molar-refractivity contribution is 14.1. The molecule has 0 nitrogen and oxygen atoms in total. The number of hydrogen-bond acceptors (Lipinski definition) is 0. The van der Waals surface area contributed by atoms with Crippen molar-refractivity contribution in [3.05, 3.63) is 108 Å². The lowest BCUT2D eigenvalue weighted by Gasteiger charge is -2.34. The molecule has 0 aliphatic carbocycles. The van der Waals surface area contributed by atoms with Crippen LogP contribution in [0.25, 0.3) is 0 Å². The van der Waals surface area contributed by atoms with Gasteiger partial charge in [0.25, 0.3) is 0 Å². The summed E-state index contributed by atoms with van der Waals surface area (Å²) in [5.41, 5.74) is 3.94. The van der Waals surface area contributed by atoms with Gasteiger partial charge in [-0.25, -0.2) is 0 Å². The molecule has 0 spiro atoms. The van der Waals surface area contributed by atoms with E-state index in [0.717, 1.165) is 4.43 Å². The van der Waals surface area contributed by atoms with Gasteiger partial charge < -0.3 is 0 Å². The summed E-state index contributed by atoms with van der Waals surface area (Å²) < 4.78 is 1.00. The zero-order valence-electron chi connectivity index (χ0n) is 11.7. The average Bonchev–Trinajstić information content (AvgIpc) is 2.59. The highest BCUT2D eigenvalue weighted by atomic mass is 127. The summed E-state index contributed by atoms with van der Waals surface area (Å²) >= 11 is 2.51. The van der Waals surface area contributed by atoms with Crippen LogP contribution in [0.15, 0.2) is 91.0 Å². The Morgan fingerprint density at radius 1 is 0.524 bits per heavy atom. The maximum absolute atomic E-state index is 2.51. The van der Waals surface area contributed by atoms with Gasteiger partial charge in [-0.2, -0.15) is 0 Å². The van der Waals surface area contributed by atoms with Gasteiger partial charge in [-0.05, 0) is 16.7 Å². The van der Waals surface area contributed by atoms with Crippen LogP contribution >= 0.6 is 22.6 Å². The molecule has 0 N–H and O–H groups in total. The van der Waals surface area contributed by atoms with Crippen molar-refractivity contribution in [1.29, 1.82) is 0 Å². The summed E-state index contributed by atoms with van der Waals surface area (Å²) in [6.07, 6.45) is 0. The van der Waals surface area contributed by atoms with E-state index in [2.05, 4.69) is 114 Å². The van der Waals surface area contributed by atoms with Crippen LogP contribution in [0.1, 0.15) is 16.7 Å². The average molecular weight is 384 g/mol.